The minimum Gasteiger partial charge on any atom is -0.403 e. The van der Waals surface area contributed by atoms with Gasteiger partial charge in [0.2, 0.25) is 0 Å². The Kier molecular flexibility index (Phi) is 5.10. The molecule has 1 atom stereocenters. The Morgan fingerprint density at radius 3 is 2.16 bits per heavy atom. The summed E-state index contributed by atoms with van der Waals surface area (Å²) >= 11 is 0. The van der Waals surface area contributed by atoms with Gasteiger partial charge in [-0.25, -0.2) is 0 Å². The minimum absolute atomic E-state index is 0.105. The molecule has 3 heteroatoms. The van der Waals surface area contributed by atoms with Crippen molar-refractivity contribution < 1.29 is 9.22 Å². The molecular formula is C16H26O2Si. The highest BCUT2D eigenvalue weighted by molar-refractivity contribution is 6.74. The molecule has 19 heavy (non-hydrogen) atoms. The first kappa shape index (κ1) is 16.1. The van der Waals surface area contributed by atoms with Gasteiger partial charge < -0.3 is 4.43 Å². The van der Waals surface area contributed by atoms with Crippen LogP contribution in [0.1, 0.15) is 45.8 Å². The molecule has 0 bridgehead atoms. The van der Waals surface area contributed by atoms with Gasteiger partial charge in [0.1, 0.15) is 6.10 Å². The van der Waals surface area contributed by atoms with E-state index in [0.717, 1.165) is 5.56 Å². The van der Waals surface area contributed by atoms with E-state index in [0.29, 0.717) is 6.42 Å². The Morgan fingerprint density at radius 1 is 1.21 bits per heavy atom. The number of hydrogen-bond donors (Lipinski definition) is 0. The average molecular weight is 278 g/mol. The van der Waals surface area contributed by atoms with E-state index in [1.165, 1.54) is 0 Å². The number of hydrogen-bond acceptors (Lipinski definition) is 2. The third kappa shape index (κ3) is 4.01. The summed E-state index contributed by atoms with van der Waals surface area (Å²) in [6.45, 7) is 12.8. The first-order valence-corrected chi connectivity index (χ1v) is 9.85. The molecule has 0 aliphatic rings. The highest BCUT2D eigenvalue weighted by Crippen LogP contribution is 2.40. The molecule has 0 saturated carbocycles. The topological polar surface area (TPSA) is 26.3 Å². The Morgan fingerprint density at radius 2 is 1.74 bits per heavy atom. The maximum atomic E-state index is 12.2. The van der Waals surface area contributed by atoms with Crippen LogP contribution in [0.5, 0.6) is 0 Å². The molecule has 0 aliphatic heterocycles. The third-order valence-corrected chi connectivity index (χ3v) is 8.40. The summed E-state index contributed by atoms with van der Waals surface area (Å²) in [5, 5.41) is 0.105. The van der Waals surface area contributed by atoms with Crippen LogP contribution in [0.25, 0.3) is 0 Å². The lowest BCUT2D eigenvalue weighted by Crippen LogP contribution is -2.43. The van der Waals surface area contributed by atoms with Crippen molar-refractivity contribution in [3.63, 3.8) is 0 Å². The summed E-state index contributed by atoms with van der Waals surface area (Å²) in [7, 11) is -1.95. The first-order chi connectivity index (χ1) is 8.69. The lowest BCUT2D eigenvalue weighted by Gasteiger charge is -2.39. The fourth-order valence-corrected chi connectivity index (χ4v) is 2.81. The second-order valence-electron chi connectivity index (χ2n) is 6.49. The fourth-order valence-electron chi connectivity index (χ4n) is 1.60. The van der Waals surface area contributed by atoms with Gasteiger partial charge in [-0.1, -0.05) is 58.0 Å². The fraction of sp³-hybridized carbons (Fsp3) is 0.562. The summed E-state index contributed by atoms with van der Waals surface area (Å²) < 4.78 is 6.33. The van der Waals surface area contributed by atoms with Crippen molar-refractivity contribution >= 4 is 14.1 Å². The van der Waals surface area contributed by atoms with E-state index in [9.17, 15) is 4.79 Å². The second-order valence-corrected chi connectivity index (χ2v) is 11.2. The summed E-state index contributed by atoms with van der Waals surface area (Å²) in [4.78, 5) is 12.2. The largest absolute Gasteiger partial charge is 0.403 e. The predicted octanol–water partition coefficient (Wildman–Crippen LogP) is 4.73. The highest BCUT2D eigenvalue weighted by atomic mass is 28.4. The van der Waals surface area contributed by atoms with Gasteiger partial charge in [0, 0.05) is 6.42 Å². The van der Waals surface area contributed by atoms with Crippen LogP contribution in [0, 0.1) is 0 Å². The van der Waals surface area contributed by atoms with E-state index in [4.69, 9.17) is 4.43 Å². The molecule has 0 aromatic heterocycles. The number of Topliss-reactive ketones (excluding diaryl/α,β-unsaturated/α-hetero) is 1. The Balaban J connectivity index is 3.05. The minimum atomic E-state index is -1.95. The highest BCUT2D eigenvalue weighted by Gasteiger charge is 2.40. The van der Waals surface area contributed by atoms with Crippen molar-refractivity contribution in [1.29, 1.82) is 0 Å². The van der Waals surface area contributed by atoms with Crippen LogP contribution < -0.4 is 0 Å². The molecule has 106 valence electrons. The van der Waals surface area contributed by atoms with Gasteiger partial charge in [0.25, 0.3) is 0 Å². The molecule has 0 N–H and O–H groups in total. The lowest BCUT2D eigenvalue weighted by atomic mass is 10.0. The van der Waals surface area contributed by atoms with Gasteiger partial charge in [0.15, 0.2) is 14.1 Å². The average Bonchev–Trinajstić information content (AvgIpc) is 2.35. The van der Waals surface area contributed by atoms with E-state index < -0.39 is 14.4 Å². The van der Waals surface area contributed by atoms with Gasteiger partial charge >= 0.3 is 0 Å². The zero-order valence-corrected chi connectivity index (χ0v) is 14.0. The van der Waals surface area contributed by atoms with E-state index in [-0.39, 0.29) is 10.8 Å². The summed E-state index contributed by atoms with van der Waals surface area (Å²) in [6, 6.07) is 9.83. The second kappa shape index (κ2) is 6.01. The number of carbonyl (C=O) groups is 1. The van der Waals surface area contributed by atoms with Crippen LogP contribution >= 0.6 is 0 Å². The first-order valence-electron chi connectivity index (χ1n) is 6.94. The van der Waals surface area contributed by atoms with Crippen LogP contribution in [0.4, 0.5) is 0 Å². The predicted molar refractivity (Wildman–Crippen MR) is 82.8 cm³/mol. The lowest BCUT2D eigenvalue weighted by molar-refractivity contribution is -0.126. The molecule has 1 rings (SSSR count). The van der Waals surface area contributed by atoms with Crippen molar-refractivity contribution in [2.45, 2.75) is 58.4 Å². The quantitative estimate of drug-likeness (QED) is 0.728. The Hall–Kier alpha value is -0.933. The van der Waals surface area contributed by atoms with E-state index in [1.807, 2.05) is 37.3 Å². The van der Waals surface area contributed by atoms with Gasteiger partial charge in [-0.15, -0.1) is 0 Å². The van der Waals surface area contributed by atoms with Crippen LogP contribution in [-0.4, -0.2) is 14.1 Å². The number of rotatable bonds is 5. The molecule has 0 unspecified atom stereocenters. The normalized spacial score (nSPS) is 14.2. The van der Waals surface area contributed by atoms with Crippen LogP contribution in [0.2, 0.25) is 18.1 Å². The zero-order chi connectivity index (χ0) is 14.7. The molecular weight excluding hydrogens is 252 g/mol. The number of ketones is 1. The molecule has 0 heterocycles. The maximum absolute atomic E-state index is 12.2. The molecule has 0 saturated heterocycles. The molecule has 0 radical (unpaired) electrons. The van der Waals surface area contributed by atoms with E-state index >= 15 is 0 Å². The van der Waals surface area contributed by atoms with Gasteiger partial charge in [-0.05, 0) is 23.7 Å². The van der Waals surface area contributed by atoms with Crippen molar-refractivity contribution in [1.82, 2.24) is 0 Å². The third-order valence-electron chi connectivity index (χ3n) is 3.96. The van der Waals surface area contributed by atoms with E-state index in [1.54, 1.807) is 0 Å². The Labute approximate surface area is 118 Å². The van der Waals surface area contributed by atoms with Crippen molar-refractivity contribution in [2.75, 3.05) is 0 Å². The molecule has 1 aromatic rings. The maximum Gasteiger partial charge on any atom is 0.193 e. The zero-order valence-electron chi connectivity index (χ0n) is 13.0. The monoisotopic (exact) mass is 278 g/mol. The summed E-state index contributed by atoms with van der Waals surface area (Å²) in [6.07, 6.45) is 0.0980. The van der Waals surface area contributed by atoms with Crippen molar-refractivity contribution in [2.24, 2.45) is 0 Å². The van der Waals surface area contributed by atoms with Crippen LogP contribution in [0.3, 0.4) is 0 Å². The molecule has 2 nitrogen and oxygen atoms in total. The summed E-state index contributed by atoms with van der Waals surface area (Å²) in [5.41, 5.74) is 0.971. The van der Waals surface area contributed by atoms with Gasteiger partial charge in [-0.3, -0.25) is 4.79 Å². The Bertz CT molecular complexity index is 418. The van der Waals surface area contributed by atoms with Crippen LogP contribution in [0.15, 0.2) is 30.3 Å². The smallest absolute Gasteiger partial charge is 0.193 e. The SMILES string of the molecule is CCC(=O)[C@@H](O[Si](C)(C)C(C)(C)C)c1ccccc1. The number of carbonyl (C=O) groups excluding carboxylic acids is 1. The van der Waals surface area contributed by atoms with Gasteiger partial charge in [0.05, 0.1) is 0 Å². The molecule has 0 aliphatic carbocycles. The van der Waals surface area contributed by atoms with Gasteiger partial charge in [-0.2, -0.15) is 0 Å². The van der Waals surface area contributed by atoms with Crippen LogP contribution in [-0.2, 0) is 9.22 Å². The molecule has 0 fully saturated rings. The van der Waals surface area contributed by atoms with E-state index in [2.05, 4.69) is 33.9 Å². The standard InChI is InChI=1S/C16H26O2Si/c1-7-14(17)15(13-11-9-8-10-12-13)18-19(5,6)16(2,3)4/h8-12,15H,7H2,1-6H3/t15-/m0/s1. The number of benzene rings is 1. The molecule has 0 spiro atoms. The molecule has 0 amide bonds. The van der Waals surface area contributed by atoms with Crippen molar-refractivity contribution in [3.05, 3.63) is 35.9 Å². The molecule has 1 aromatic carbocycles. The summed E-state index contributed by atoms with van der Waals surface area (Å²) in [5.74, 6) is 0.163. The van der Waals surface area contributed by atoms with Crippen molar-refractivity contribution in [3.8, 4) is 0 Å².